The average Bonchev–Trinajstić information content (AvgIpc) is 2.72. The number of esters is 1. The van der Waals surface area contributed by atoms with Gasteiger partial charge in [0, 0.05) is 6.54 Å². The maximum atomic E-state index is 12.4. The number of nitrogens with one attached hydrogen (secondary N) is 1. The Morgan fingerprint density at radius 3 is 2.48 bits per heavy atom. The van der Waals surface area contributed by atoms with E-state index in [1.54, 1.807) is 0 Å². The van der Waals surface area contributed by atoms with Crippen LogP contribution in [0.2, 0.25) is 0 Å². The van der Waals surface area contributed by atoms with Gasteiger partial charge in [0.25, 0.3) is 5.91 Å². The van der Waals surface area contributed by atoms with Gasteiger partial charge in [-0.25, -0.2) is 13.2 Å². The maximum absolute atomic E-state index is 12.4. The van der Waals surface area contributed by atoms with Crippen LogP contribution in [-0.4, -0.2) is 38.7 Å². The molecule has 126 valence electrons. The first-order valence-electron chi connectivity index (χ1n) is 6.93. The molecule has 1 aromatic rings. The van der Waals surface area contributed by atoms with Crippen molar-refractivity contribution in [2.45, 2.75) is 36.0 Å². The molecule has 23 heavy (non-hydrogen) atoms. The van der Waals surface area contributed by atoms with E-state index >= 15 is 0 Å². The third kappa shape index (κ3) is 4.04. The minimum atomic E-state index is -4.71. The highest BCUT2D eigenvalue weighted by molar-refractivity contribution is 7.91. The van der Waals surface area contributed by atoms with E-state index in [1.165, 1.54) is 0 Å². The summed E-state index contributed by atoms with van der Waals surface area (Å²) < 4.78 is 52.5. The second-order valence-corrected chi connectivity index (χ2v) is 6.93. The Bertz CT molecular complexity index is 688. The summed E-state index contributed by atoms with van der Waals surface area (Å²) in [5.41, 5.74) is -0.0183. The van der Waals surface area contributed by atoms with E-state index < -0.39 is 32.6 Å². The first-order valence-corrected chi connectivity index (χ1v) is 8.48. The topological polar surface area (TPSA) is 89.5 Å². The number of benzene rings is 1. The predicted molar refractivity (Wildman–Crippen MR) is 75.7 cm³/mol. The second kappa shape index (κ2) is 7.03. The van der Waals surface area contributed by atoms with Crippen LogP contribution in [0.3, 0.4) is 0 Å². The van der Waals surface area contributed by atoms with Crippen LogP contribution in [0.5, 0.6) is 0 Å². The van der Waals surface area contributed by atoms with Gasteiger partial charge < -0.3 is 10.1 Å². The van der Waals surface area contributed by atoms with Crippen molar-refractivity contribution in [2.24, 2.45) is 0 Å². The molecule has 1 amide bonds. The molecule has 0 aliphatic carbocycles. The van der Waals surface area contributed by atoms with Gasteiger partial charge in [0.05, 0.1) is 10.5 Å². The van der Waals surface area contributed by atoms with E-state index in [0.717, 1.165) is 37.1 Å². The SMILES string of the molecule is O=C(OC1CCCCNC1=O)c1ccc(S(=O)(=O)C(F)F)cc1. The molecule has 9 heteroatoms. The van der Waals surface area contributed by atoms with Crippen molar-refractivity contribution in [3.63, 3.8) is 0 Å². The summed E-state index contributed by atoms with van der Waals surface area (Å²) in [5.74, 6) is -4.73. The lowest BCUT2D eigenvalue weighted by Gasteiger charge is -2.14. The Labute approximate surface area is 131 Å². The summed E-state index contributed by atoms with van der Waals surface area (Å²) in [7, 11) is -4.71. The summed E-state index contributed by atoms with van der Waals surface area (Å²) in [6.45, 7) is 0.521. The van der Waals surface area contributed by atoms with Crippen molar-refractivity contribution >= 4 is 21.7 Å². The molecular formula is C14H15F2NO5S. The standard InChI is InChI=1S/C14H15F2NO5S/c15-14(16)23(20,21)10-6-4-9(5-7-10)13(19)22-11-3-1-2-8-17-12(11)18/h4-7,11,14H,1-3,8H2,(H,17,18). The molecule has 6 nitrogen and oxygen atoms in total. The van der Waals surface area contributed by atoms with Crippen LogP contribution in [0, 0.1) is 0 Å². The number of ether oxygens (including phenoxy) is 1. The Morgan fingerprint density at radius 2 is 1.87 bits per heavy atom. The van der Waals surface area contributed by atoms with Gasteiger partial charge in [-0.3, -0.25) is 4.79 Å². The monoisotopic (exact) mass is 347 g/mol. The number of sulfone groups is 1. The molecule has 0 radical (unpaired) electrons. The van der Waals surface area contributed by atoms with Crippen molar-refractivity contribution in [3.8, 4) is 0 Å². The number of hydrogen-bond donors (Lipinski definition) is 1. The summed E-state index contributed by atoms with van der Waals surface area (Å²) in [6, 6.07) is 3.97. The highest BCUT2D eigenvalue weighted by Gasteiger charge is 2.28. The lowest BCUT2D eigenvalue weighted by molar-refractivity contribution is -0.129. The average molecular weight is 347 g/mol. The van der Waals surface area contributed by atoms with E-state index in [-0.39, 0.29) is 11.5 Å². The zero-order valence-electron chi connectivity index (χ0n) is 12.0. The van der Waals surface area contributed by atoms with E-state index in [2.05, 4.69) is 5.32 Å². The van der Waals surface area contributed by atoms with Crippen molar-refractivity contribution in [1.29, 1.82) is 0 Å². The predicted octanol–water partition coefficient (Wildman–Crippen LogP) is 1.51. The van der Waals surface area contributed by atoms with Gasteiger partial charge in [0.2, 0.25) is 9.84 Å². The second-order valence-electron chi connectivity index (χ2n) is 5.01. The van der Waals surface area contributed by atoms with Crippen LogP contribution < -0.4 is 5.32 Å². The Kier molecular flexibility index (Phi) is 5.30. The quantitative estimate of drug-likeness (QED) is 0.834. The summed E-state index contributed by atoms with van der Waals surface area (Å²) in [5, 5.41) is 2.61. The molecule has 1 unspecified atom stereocenters. The zero-order valence-corrected chi connectivity index (χ0v) is 12.8. The molecule has 0 saturated carbocycles. The van der Waals surface area contributed by atoms with Crippen molar-refractivity contribution in [3.05, 3.63) is 29.8 Å². The first kappa shape index (κ1) is 17.3. The van der Waals surface area contributed by atoms with Gasteiger partial charge in [-0.1, -0.05) is 0 Å². The molecule has 2 rings (SSSR count). The van der Waals surface area contributed by atoms with Crippen LogP contribution in [0.25, 0.3) is 0 Å². The number of amides is 1. The first-order chi connectivity index (χ1) is 10.8. The third-order valence-corrected chi connectivity index (χ3v) is 4.79. The minimum absolute atomic E-state index is 0.0183. The van der Waals surface area contributed by atoms with Crippen LogP contribution in [-0.2, 0) is 19.4 Å². The van der Waals surface area contributed by atoms with Crippen LogP contribution in [0.15, 0.2) is 29.2 Å². The summed E-state index contributed by atoms with van der Waals surface area (Å²) in [6.07, 6.45) is 1.01. The molecule has 1 heterocycles. The number of carbonyl (C=O) groups excluding carboxylic acids is 2. The highest BCUT2D eigenvalue weighted by atomic mass is 32.2. The Balaban J connectivity index is 2.10. The lowest BCUT2D eigenvalue weighted by Crippen LogP contribution is -2.36. The molecule has 1 N–H and O–H groups in total. The van der Waals surface area contributed by atoms with Crippen LogP contribution >= 0.6 is 0 Å². The van der Waals surface area contributed by atoms with Crippen LogP contribution in [0.1, 0.15) is 29.6 Å². The molecule has 0 bridgehead atoms. The molecule has 1 aliphatic rings. The Hall–Kier alpha value is -2.03. The fourth-order valence-electron chi connectivity index (χ4n) is 2.10. The molecule has 0 spiro atoms. The van der Waals surface area contributed by atoms with E-state index in [9.17, 15) is 26.8 Å². The largest absolute Gasteiger partial charge is 0.449 e. The number of hydrogen-bond acceptors (Lipinski definition) is 5. The molecule has 0 aromatic heterocycles. The van der Waals surface area contributed by atoms with Gasteiger partial charge in [0.1, 0.15) is 0 Å². The zero-order chi connectivity index (χ0) is 17.0. The van der Waals surface area contributed by atoms with Gasteiger partial charge in [-0.2, -0.15) is 8.78 Å². The van der Waals surface area contributed by atoms with Crippen molar-refractivity contribution < 1.29 is 31.5 Å². The van der Waals surface area contributed by atoms with E-state index in [4.69, 9.17) is 4.74 Å². The van der Waals surface area contributed by atoms with Gasteiger partial charge in [0.15, 0.2) is 6.10 Å². The fourth-order valence-corrected chi connectivity index (χ4v) is 2.83. The van der Waals surface area contributed by atoms with Crippen LogP contribution in [0.4, 0.5) is 8.78 Å². The maximum Gasteiger partial charge on any atom is 0.341 e. The molecule has 1 fully saturated rings. The lowest BCUT2D eigenvalue weighted by atomic mass is 10.1. The van der Waals surface area contributed by atoms with Gasteiger partial charge in [-0.05, 0) is 43.5 Å². The summed E-state index contributed by atoms with van der Waals surface area (Å²) >= 11 is 0. The van der Waals surface area contributed by atoms with Gasteiger partial charge >= 0.3 is 11.7 Å². The molecule has 1 atom stereocenters. The fraction of sp³-hybridized carbons (Fsp3) is 0.429. The van der Waals surface area contributed by atoms with Crippen molar-refractivity contribution in [2.75, 3.05) is 6.54 Å². The molecule has 1 aromatic carbocycles. The smallest absolute Gasteiger partial charge is 0.341 e. The third-order valence-electron chi connectivity index (χ3n) is 3.39. The highest BCUT2D eigenvalue weighted by Crippen LogP contribution is 2.19. The minimum Gasteiger partial charge on any atom is -0.449 e. The number of alkyl halides is 2. The van der Waals surface area contributed by atoms with E-state index in [1.807, 2.05) is 0 Å². The van der Waals surface area contributed by atoms with Crippen molar-refractivity contribution in [1.82, 2.24) is 5.32 Å². The Morgan fingerprint density at radius 1 is 1.22 bits per heavy atom. The normalized spacial score (nSPS) is 19.1. The van der Waals surface area contributed by atoms with E-state index in [0.29, 0.717) is 13.0 Å². The molecule has 1 saturated heterocycles. The summed E-state index contributed by atoms with van der Waals surface area (Å²) in [4.78, 5) is 23.1. The number of carbonyl (C=O) groups is 2. The van der Waals surface area contributed by atoms with Gasteiger partial charge in [-0.15, -0.1) is 0 Å². The molecular weight excluding hydrogens is 332 g/mol. The number of rotatable bonds is 4. The molecule has 1 aliphatic heterocycles. The number of halogens is 2.